The second-order valence-electron chi connectivity index (χ2n) is 17.6. The van der Waals surface area contributed by atoms with Crippen molar-refractivity contribution in [3.63, 3.8) is 0 Å². The molecule has 0 aromatic heterocycles. The zero-order chi connectivity index (χ0) is 49.9. The van der Waals surface area contributed by atoms with Gasteiger partial charge in [-0.15, -0.1) is 69.1 Å². The van der Waals surface area contributed by atoms with E-state index in [2.05, 4.69) is 13.1 Å². The molecular weight excluding hydrogens is 1040 g/mol. The Morgan fingerprint density at radius 2 is 0.750 bits per heavy atom. The molecule has 6 aromatic rings. The first-order valence-corrected chi connectivity index (χ1v) is 30.9. The van der Waals surface area contributed by atoms with Crippen molar-refractivity contribution < 1.29 is 73.5 Å². The number of alkyl halides is 12. The third-order valence-electron chi connectivity index (χ3n) is 12.4. The van der Waals surface area contributed by atoms with Gasteiger partial charge < -0.3 is 0 Å². The fourth-order valence-corrected chi connectivity index (χ4v) is 9.36. The van der Waals surface area contributed by atoms with Crippen molar-refractivity contribution in [1.29, 1.82) is 0 Å². The molecule has 2 radical (unpaired) electrons. The molecule has 0 bridgehead atoms. The van der Waals surface area contributed by atoms with Gasteiger partial charge in [0, 0.05) is 9.52 Å². The van der Waals surface area contributed by atoms with Crippen LogP contribution in [-0.4, -0.2) is 9.52 Å². The zero-order valence-electron chi connectivity index (χ0n) is 37.6. The van der Waals surface area contributed by atoms with Gasteiger partial charge in [-0.3, -0.25) is 0 Å². The van der Waals surface area contributed by atoms with E-state index >= 15 is 0 Å². The zero-order valence-corrected chi connectivity index (χ0v) is 42.6. The number of fused-ring (bicyclic) bond motifs is 2. The monoisotopic (exact) mass is 1090 g/mol. The van der Waals surface area contributed by atoms with Crippen LogP contribution in [0.1, 0.15) is 110 Å². The Kier molecular flexibility index (Phi) is 20.4. The van der Waals surface area contributed by atoms with E-state index < -0.39 is 67.8 Å². The molecule has 68 heavy (non-hydrogen) atoms. The van der Waals surface area contributed by atoms with Gasteiger partial charge in [0.2, 0.25) is 0 Å². The van der Waals surface area contributed by atoms with E-state index in [9.17, 15) is 52.7 Å². The van der Waals surface area contributed by atoms with Gasteiger partial charge in [0.05, 0.1) is 22.3 Å². The molecule has 6 aromatic carbocycles. The third kappa shape index (κ3) is 16.0. The number of rotatable bonds is 6. The molecule has 0 heterocycles. The number of benzene rings is 4. The molecule has 0 atom stereocenters. The van der Waals surface area contributed by atoms with Crippen molar-refractivity contribution in [3.05, 3.63) is 130 Å². The normalized spacial score (nSPS) is 15.5. The first-order valence-electron chi connectivity index (χ1n) is 22.6. The Morgan fingerprint density at radius 3 is 1.01 bits per heavy atom. The van der Waals surface area contributed by atoms with Crippen LogP contribution < -0.4 is 0 Å². The maximum atomic E-state index is 13.3. The molecule has 0 saturated heterocycles. The topological polar surface area (TPSA) is 0 Å². The van der Waals surface area contributed by atoms with Crippen LogP contribution in [0.2, 0.25) is 13.1 Å². The minimum absolute atomic E-state index is 0.0700. The maximum absolute atomic E-state index is 13.3. The van der Waals surface area contributed by atoms with Crippen LogP contribution in [0.3, 0.4) is 0 Å². The van der Waals surface area contributed by atoms with E-state index in [4.69, 9.17) is 17.0 Å². The fourth-order valence-electron chi connectivity index (χ4n) is 9.36. The van der Waals surface area contributed by atoms with Gasteiger partial charge in [0.25, 0.3) is 0 Å². The standard InChI is InChI=1S/2C25H23F6.C2H6Si.2ClH.Zr/c2*26-24(27,28)20-13-19(14-21(15-20)25(29,30)31)22-9-5-8-18-11-17(12-23(18)22)10-16-6-3-1-2-4-7-16;1-3-2;;;/h2*5,8-9,11-16H,1-4,6-7,10H2;1-2H3;2*1H;/q2*-1;;;;+4/p-2. The van der Waals surface area contributed by atoms with Crippen molar-refractivity contribution >= 4 is 48.1 Å². The summed E-state index contributed by atoms with van der Waals surface area (Å²) in [6.07, 6.45) is -3.16. The van der Waals surface area contributed by atoms with Crippen molar-refractivity contribution in [2.24, 2.45) is 11.8 Å². The predicted molar refractivity (Wildman–Crippen MR) is 249 cm³/mol. The van der Waals surface area contributed by atoms with Gasteiger partial charge in [-0.25, -0.2) is 0 Å². The van der Waals surface area contributed by atoms with E-state index in [0.29, 0.717) is 33.7 Å². The summed E-state index contributed by atoms with van der Waals surface area (Å²) in [5.41, 5.74) is -2.34. The van der Waals surface area contributed by atoms with Crippen LogP contribution in [0.4, 0.5) is 52.7 Å². The summed E-state index contributed by atoms with van der Waals surface area (Å²) < 4.78 is 160. The predicted octanol–water partition coefficient (Wildman–Crippen LogP) is 19.7. The van der Waals surface area contributed by atoms with E-state index in [-0.39, 0.29) is 23.3 Å². The molecule has 2 aliphatic rings. The molecule has 0 spiro atoms. The molecule has 0 N–H and O–H groups in total. The Bertz CT molecular complexity index is 2260. The first-order chi connectivity index (χ1) is 32.0. The summed E-state index contributed by atoms with van der Waals surface area (Å²) >= 11 is -0.826. The molecule has 2 fully saturated rings. The molecule has 2 aliphatic carbocycles. The average Bonchev–Trinajstić information content (AvgIpc) is 3.65. The van der Waals surface area contributed by atoms with Gasteiger partial charge in [0.1, 0.15) is 0 Å². The van der Waals surface area contributed by atoms with Crippen LogP contribution in [0.5, 0.6) is 0 Å². The van der Waals surface area contributed by atoms with Crippen LogP contribution in [0.15, 0.2) is 97.1 Å². The molecule has 8 rings (SSSR count). The van der Waals surface area contributed by atoms with Gasteiger partial charge in [-0.05, 0) is 72.2 Å². The van der Waals surface area contributed by atoms with Gasteiger partial charge in [-0.2, -0.15) is 64.8 Å². The molecule has 0 nitrogen and oxygen atoms in total. The van der Waals surface area contributed by atoms with Gasteiger partial charge in [0.15, 0.2) is 0 Å². The average molecular weight is 1100 g/mol. The second-order valence-corrected chi connectivity index (χ2v) is 22.4. The van der Waals surface area contributed by atoms with E-state index in [1.165, 1.54) is 51.4 Å². The van der Waals surface area contributed by atoms with Gasteiger partial charge >= 0.3 is 62.6 Å². The van der Waals surface area contributed by atoms with Crippen LogP contribution in [0.25, 0.3) is 43.8 Å². The van der Waals surface area contributed by atoms with Crippen molar-refractivity contribution in [1.82, 2.24) is 0 Å². The van der Waals surface area contributed by atoms with Gasteiger partial charge in [-0.1, -0.05) is 113 Å². The molecule has 366 valence electrons. The SMILES string of the molecule is C[Si]C.FC(F)(F)c1cc(-c2cccc3[cH-]c(CC4CCCCCC4)cc23)cc(C(F)(F)F)c1.FC(F)(F)c1cc(-c2cccc3[cH-]c(CC4CCCCCC4)cc23)cc(C(F)(F)F)c1.[Cl][Zr+2][Cl]. The van der Waals surface area contributed by atoms with E-state index in [0.717, 1.165) is 94.2 Å². The number of hydrogen-bond donors (Lipinski definition) is 0. The second kappa shape index (κ2) is 24.9. The first kappa shape index (κ1) is 55.9. The molecule has 16 heteroatoms. The number of halogens is 14. The number of hydrogen-bond acceptors (Lipinski definition) is 0. The van der Waals surface area contributed by atoms with Crippen molar-refractivity contribution in [2.75, 3.05) is 0 Å². The van der Waals surface area contributed by atoms with E-state index in [1.54, 1.807) is 24.3 Å². The van der Waals surface area contributed by atoms with Crippen molar-refractivity contribution in [3.8, 4) is 22.3 Å². The third-order valence-corrected chi connectivity index (χ3v) is 12.4. The summed E-state index contributed by atoms with van der Waals surface area (Å²) in [7, 11) is 11.0. The fraction of sp³-hybridized carbons (Fsp3) is 0.423. The Morgan fingerprint density at radius 1 is 0.471 bits per heavy atom. The Labute approximate surface area is 411 Å². The van der Waals surface area contributed by atoms with E-state index in [1.807, 2.05) is 36.4 Å². The molecule has 0 amide bonds. The molecule has 0 aliphatic heterocycles. The summed E-state index contributed by atoms with van der Waals surface area (Å²) in [6, 6.07) is 21.7. The minimum atomic E-state index is -4.86. The molecule has 2 saturated carbocycles. The Balaban J connectivity index is 0.000000228. The summed E-state index contributed by atoms with van der Waals surface area (Å²) in [5, 5.41) is 3.07. The van der Waals surface area contributed by atoms with Crippen molar-refractivity contribution in [2.45, 2.75) is 128 Å². The summed E-state index contributed by atoms with van der Waals surface area (Å²) in [6.45, 7) is 4.31. The quantitative estimate of drug-likeness (QED) is 0.0675. The van der Waals surface area contributed by atoms with Crippen LogP contribution in [0, 0.1) is 11.8 Å². The molecular formula is C52H52Cl2F12SiZr. The van der Waals surface area contributed by atoms with Crippen LogP contribution >= 0.6 is 17.0 Å². The van der Waals surface area contributed by atoms with Crippen LogP contribution in [-0.2, 0) is 58.4 Å². The summed E-state index contributed by atoms with van der Waals surface area (Å²) in [4.78, 5) is 0. The summed E-state index contributed by atoms with van der Waals surface area (Å²) in [5.74, 6) is 1.15. The molecule has 0 unspecified atom stereocenters. The Hall–Kier alpha value is -3.06.